The van der Waals surface area contributed by atoms with Gasteiger partial charge >= 0.3 is 23.9 Å². The molecule has 5 aromatic carbocycles. The molecule has 1 unspecified atom stereocenters. The van der Waals surface area contributed by atoms with Crippen molar-refractivity contribution in [2.24, 2.45) is 0 Å². The largest absolute Gasteiger partial charge is 0.459 e. The van der Waals surface area contributed by atoms with Crippen LogP contribution in [-0.4, -0.2) is 105 Å². The number of hydrogen-bond acceptors (Lipinski definition) is 15. The Kier molecular flexibility index (Phi) is 13.2. The molecule has 12 atom stereocenters. The highest BCUT2D eigenvalue weighted by Gasteiger charge is 2.59. The van der Waals surface area contributed by atoms with E-state index in [-0.39, 0.29) is 28.9 Å². The van der Waals surface area contributed by atoms with Crippen LogP contribution in [0.4, 0.5) is 0 Å². The average Bonchev–Trinajstić information content (AvgIpc) is 3.73. The Morgan fingerprint density at radius 3 is 1.53 bits per heavy atom. The van der Waals surface area contributed by atoms with E-state index in [0.29, 0.717) is 0 Å². The van der Waals surface area contributed by atoms with Crippen molar-refractivity contribution in [3.05, 3.63) is 179 Å². The van der Waals surface area contributed by atoms with Gasteiger partial charge < -0.3 is 52.1 Å². The van der Waals surface area contributed by atoms with Crippen LogP contribution in [0.3, 0.4) is 0 Å². The summed E-state index contributed by atoms with van der Waals surface area (Å²) in [6.45, 7) is 1.24. The standard InChI is InChI=1S/C49H44O15/c1-29-56-41-40(38-36(58-48(41)57-29)28-55-47(63-38)34-25-15-6-16-26-34)64-49-42(62-46(53)33-23-13-5-14-24-33)39(61-45(52)32-21-11-4-12-22-32)37(60-44(51)31-19-9-3-10-20-31)35(59-49)27-54-43(50)30-17-7-2-8-18-30/h2-26,29,35-42,47-49H,27-28H2,1H3/t29?,35-,36-,37-,38-,39+,40+,41+,42+,47+,48-,49-/m1/s1. The first-order chi connectivity index (χ1) is 31.3. The van der Waals surface area contributed by atoms with E-state index in [4.69, 9.17) is 52.1 Å². The molecule has 15 heteroatoms. The molecule has 0 amide bonds. The molecule has 0 spiro atoms. The van der Waals surface area contributed by atoms with E-state index in [1.807, 2.05) is 30.3 Å². The smallest absolute Gasteiger partial charge is 0.338 e. The first kappa shape index (κ1) is 43.0. The summed E-state index contributed by atoms with van der Waals surface area (Å²) < 4.78 is 69.4. The Labute approximate surface area is 367 Å². The van der Waals surface area contributed by atoms with Crippen LogP contribution < -0.4 is 0 Å². The van der Waals surface area contributed by atoms with Gasteiger partial charge in [-0.1, -0.05) is 103 Å². The molecule has 4 fully saturated rings. The SMILES string of the molecule is CC1O[C@@H]2O[C@@H]3CO[C@H](c4ccccc4)O[C@H]3[C@H](O[C@H]3O[C@H](COC(=O)c4ccccc4)[C@@H](OC(=O)c4ccccc4)[C@H](OC(=O)c4ccccc4)[C@@H]3OC(=O)c3ccccc3)[C@@H]2O1. The lowest BCUT2D eigenvalue weighted by atomic mass is 9.95. The van der Waals surface area contributed by atoms with Crippen molar-refractivity contribution in [3.63, 3.8) is 0 Å². The van der Waals surface area contributed by atoms with Crippen LogP contribution in [-0.2, 0) is 52.1 Å². The van der Waals surface area contributed by atoms with Crippen LogP contribution >= 0.6 is 0 Å². The first-order valence-electron chi connectivity index (χ1n) is 20.9. The molecule has 4 heterocycles. The average molecular weight is 873 g/mol. The Morgan fingerprint density at radius 2 is 0.984 bits per heavy atom. The number of carbonyl (C=O) groups excluding carboxylic acids is 4. The predicted octanol–water partition coefficient (Wildman–Crippen LogP) is 6.23. The maximum absolute atomic E-state index is 14.2. The highest BCUT2D eigenvalue weighted by Crippen LogP contribution is 2.42. The highest BCUT2D eigenvalue weighted by molar-refractivity contribution is 5.91. The summed E-state index contributed by atoms with van der Waals surface area (Å²) >= 11 is 0. The highest BCUT2D eigenvalue weighted by atomic mass is 16.8. The molecule has 5 aromatic rings. The van der Waals surface area contributed by atoms with E-state index < -0.39 is 104 Å². The van der Waals surface area contributed by atoms with Gasteiger partial charge in [0.1, 0.15) is 37.1 Å². The Hall–Kier alpha value is -6.30. The number of carbonyl (C=O) groups is 4. The summed E-state index contributed by atoms with van der Waals surface area (Å²) in [5, 5.41) is 0. The normalized spacial score (nSPS) is 29.6. The van der Waals surface area contributed by atoms with Crippen molar-refractivity contribution >= 4 is 23.9 Å². The van der Waals surface area contributed by atoms with E-state index in [9.17, 15) is 19.2 Å². The molecule has 4 aliphatic rings. The van der Waals surface area contributed by atoms with Crippen molar-refractivity contribution in [2.45, 2.75) is 80.9 Å². The quantitative estimate of drug-likeness (QED) is 0.102. The summed E-state index contributed by atoms with van der Waals surface area (Å²) in [5.74, 6) is -3.23. The van der Waals surface area contributed by atoms with Gasteiger partial charge in [-0.05, 0) is 55.5 Å². The minimum absolute atomic E-state index is 0.0792. The fourth-order valence-corrected chi connectivity index (χ4v) is 7.97. The van der Waals surface area contributed by atoms with Gasteiger partial charge in [-0.2, -0.15) is 0 Å². The third kappa shape index (κ3) is 9.61. The number of benzene rings is 5. The first-order valence-corrected chi connectivity index (χ1v) is 20.9. The molecule has 15 nitrogen and oxygen atoms in total. The molecule has 64 heavy (non-hydrogen) atoms. The predicted molar refractivity (Wildman–Crippen MR) is 221 cm³/mol. The second-order valence-electron chi connectivity index (χ2n) is 15.3. The Morgan fingerprint density at radius 1 is 0.500 bits per heavy atom. The van der Waals surface area contributed by atoms with Gasteiger partial charge in [-0.3, -0.25) is 0 Å². The van der Waals surface area contributed by atoms with Crippen LogP contribution in [0.15, 0.2) is 152 Å². The van der Waals surface area contributed by atoms with E-state index >= 15 is 0 Å². The number of hydrogen-bond donors (Lipinski definition) is 0. The van der Waals surface area contributed by atoms with Crippen LogP contribution in [0.1, 0.15) is 60.2 Å². The van der Waals surface area contributed by atoms with Gasteiger partial charge in [0, 0.05) is 5.56 Å². The maximum atomic E-state index is 14.2. The monoisotopic (exact) mass is 872 g/mol. The van der Waals surface area contributed by atoms with Crippen molar-refractivity contribution in [1.82, 2.24) is 0 Å². The van der Waals surface area contributed by atoms with Gasteiger partial charge in [-0.25, -0.2) is 19.2 Å². The molecule has 0 N–H and O–H groups in total. The second kappa shape index (κ2) is 19.6. The van der Waals surface area contributed by atoms with Crippen LogP contribution in [0.2, 0.25) is 0 Å². The van der Waals surface area contributed by atoms with Crippen molar-refractivity contribution in [3.8, 4) is 0 Å². The Balaban J connectivity index is 1.13. The summed E-state index contributed by atoms with van der Waals surface area (Å²) in [6.07, 6.45) is -14.0. The van der Waals surface area contributed by atoms with Crippen molar-refractivity contribution in [1.29, 1.82) is 0 Å². The molecule has 0 saturated carbocycles. The number of ether oxygens (including phenoxy) is 11. The molecular formula is C49H44O15. The summed E-state index contributed by atoms with van der Waals surface area (Å²) in [5.41, 5.74) is 1.42. The molecule has 0 aromatic heterocycles. The minimum atomic E-state index is -1.65. The summed E-state index contributed by atoms with van der Waals surface area (Å²) in [4.78, 5) is 55.8. The lowest BCUT2D eigenvalue weighted by Crippen LogP contribution is -2.67. The zero-order chi connectivity index (χ0) is 44.0. The third-order valence-electron chi connectivity index (χ3n) is 11.1. The maximum Gasteiger partial charge on any atom is 0.338 e. The van der Waals surface area contributed by atoms with Crippen molar-refractivity contribution in [2.75, 3.05) is 13.2 Å². The third-order valence-corrected chi connectivity index (χ3v) is 11.1. The molecule has 0 aliphatic carbocycles. The molecule has 0 radical (unpaired) electrons. The van der Waals surface area contributed by atoms with Gasteiger partial charge in [0.25, 0.3) is 0 Å². The van der Waals surface area contributed by atoms with Gasteiger partial charge in [0.2, 0.25) is 0 Å². The Bertz CT molecular complexity index is 2350. The van der Waals surface area contributed by atoms with Crippen LogP contribution in [0.5, 0.6) is 0 Å². The fourth-order valence-electron chi connectivity index (χ4n) is 7.97. The molecule has 9 rings (SSSR count). The molecular weight excluding hydrogens is 829 g/mol. The summed E-state index contributed by atoms with van der Waals surface area (Å²) in [7, 11) is 0. The number of rotatable bonds is 12. The van der Waals surface area contributed by atoms with Gasteiger partial charge in [0.05, 0.1) is 28.9 Å². The zero-order valence-corrected chi connectivity index (χ0v) is 34.4. The van der Waals surface area contributed by atoms with Gasteiger partial charge in [-0.15, -0.1) is 0 Å². The van der Waals surface area contributed by atoms with E-state index in [1.165, 1.54) is 12.1 Å². The topological polar surface area (TPSA) is 170 Å². The summed E-state index contributed by atoms with van der Waals surface area (Å²) in [6, 6.07) is 41.9. The lowest BCUT2D eigenvalue weighted by Gasteiger charge is -2.49. The second-order valence-corrected chi connectivity index (χ2v) is 15.3. The lowest BCUT2D eigenvalue weighted by molar-refractivity contribution is -0.375. The van der Waals surface area contributed by atoms with E-state index in [1.54, 1.807) is 116 Å². The minimum Gasteiger partial charge on any atom is -0.459 e. The molecule has 0 bridgehead atoms. The van der Waals surface area contributed by atoms with Crippen LogP contribution in [0, 0.1) is 0 Å². The van der Waals surface area contributed by atoms with Crippen molar-refractivity contribution < 1.29 is 71.3 Å². The fraction of sp³-hybridized carbons (Fsp3) is 0.306. The van der Waals surface area contributed by atoms with E-state index in [0.717, 1.165) is 5.56 Å². The number of esters is 4. The molecule has 330 valence electrons. The zero-order valence-electron chi connectivity index (χ0n) is 34.4. The van der Waals surface area contributed by atoms with E-state index in [2.05, 4.69) is 0 Å². The molecule has 4 saturated heterocycles. The van der Waals surface area contributed by atoms with Gasteiger partial charge in [0.15, 0.2) is 43.5 Å². The van der Waals surface area contributed by atoms with Crippen LogP contribution in [0.25, 0.3) is 0 Å². The molecule has 4 aliphatic heterocycles. The number of fused-ring (bicyclic) bond motifs is 2.